The summed E-state index contributed by atoms with van der Waals surface area (Å²) in [5.41, 5.74) is 2.53. The van der Waals surface area contributed by atoms with Crippen LogP contribution in [-0.2, 0) is 16.1 Å². The summed E-state index contributed by atoms with van der Waals surface area (Å²) in [6.45, 7) is 4.52. The van der Waals surface area contributed by atoms with E-state index in [1.807, 2.05) is 56.3 Å². The number of hydrogen-bond donors (Lipinski definition) is 1. The molecule has 0 saturated heterocycles. The summed E-state index contributed by atoms with van der Waals surface area (Å²) >= 11 is 0. The van der Waals surface area contributed by atoms with Crippen molar-refractivity contribution in [3.8, 4) is 0 Å². The third kappa shape index (κ3) is 5.50. The molecule has 22 heavy (non-hydrogen) atoms. The topological polar surface area (TPSA) is 51.2 Å². The van der Waals surface area contributed by atoms with Crippen LogP contribution in [0.1, 0.15) is 25.1 Å². The number of ether oxygens (including phenoxy) is 1. The van der Waals surface area contributed by atoms with Crippen molar-refractivity contribution in [2.75, 3.05) is 5.32 Å². The second-order valence-corrected chi connectivity index (χ2v) is 5.14. The zero-order valence-corrected chi connectivity index (χ0v) is 12.8. The zero-order valence-electron chi connectivity index (χ0n) is 12.8. The summed E-state index contributed by atoms with van der Waals surface area (Å²) in [5.74, 6) is -0.187. The lowest BCUT2D eigenvalue weighted by molar-refractivity contribution is -0.111. The van der Waals surface area contributed by atoms with E-state index in [1.54, 1.807) is 12.3 Å². The number of nitrogens with zero attached hydrogens (tertiary/aromatic N) is 1. The second kappa shape index (κ2) is 8.10. The highest BCUT2D eigenvalue weighted by atomic mass is 16.5. The summed E-state index contributed by atoms with van der Waals surface area (Å²) in [6.07, 6.45) is 5.02. The maximum atomic E-state index is 11.9. The second-order valence-electron chi connectivity index (χ2n) is 5.14. The lowest BCUT2D eigenvalue weighted by Gasteiger charge is -2.09. The average molecular weight is 296 g/mol. The molecule has 1 amide bonds. The van der Waals surface area contributed by atoms with Gasteiger partial charge in [0.2, 0.25) is 5.91 Å². The third-order valence-electron chi connectivity index (χ3n) is 2.87. The van der Waals surface area contributed by atoms with E-state index in [0.717, 1.165) is 16.9 Å². The van der Waals surface area contributed by atoms with Crippen molar-refractivity contribution in [1.82, 2.24) is 4.98 Å². The Morgan fingerprint density at radius 1 is 1.27 bits per heavy atom. The first-order valence-electron chi connectivity index (χ1n) is 7.24. The molecule has 0 fully saturated rings. The van der Waals surface area contributed by atoms with Gasteiger partial charge in [0.1, 0.15) is 0 Å². The number of benzene rings is 1. The van der Waals surface area contributed by atoms with Crippen LogP contribution in [0, 0.1) is 0 Å². The fraction of sp³-hybridized carbons (Fsp3) is 0.222. The van der Waals surface area contributed by atoms with Crippen molar-refractivity contribution >= 4 is 17.7 Å². The van der Waals surface area contributed by atoms with Gasteiger partial charge < -0.3 is 10.1 Å². The van der Waals surface area contributed by atoms with E-state index < -0.39 is 0 Å². The summed E-state index contributed by atoms with van der Waals surface area (Å²) in [4.78, 5) is 16.0. The largest absolute Gasteiger partial charge is 0.374 e. The molecule has 0 aliphatic rings. The van der Waals surface area contributed by atoms with E-state index >= 15 is 0 Å². The number of aromatic nitrogens is 1. The van der Waals surface area contributed by atoms with Crippen LogP contribution in [0.25, 0.3) is 6.08 Å². The Labute approximate surface area is 130 Å². The highest BCUT2D eigenvalue weighted by Crippen LogP contribution is 2.12. The predicted octanol–water partition coefficient (Wildman–Crippen LogP) is 3.66. The number of carbonyl (C=O) groups is 1. The first kappa shape index (κ1) is 15.9. The fourth-order valence-electron chi connectivity index (χ4n) is 1.82. The zero-order chi connectivity index (χ0) is 15.8. The van der Waals surface area contributed by atoms with Gasteiger partial charge >= 0.3 is 0 Å². The number of hydrogen-bond acceptors (Lipinski definition) is 3. The summed E-state index contributed by atoms with van der Waals surface area (Å²) in [7, 11) is 0. The molecule has 1 aromatic heterocycles. The molecule has 114 valence electrons. The van der Waals surface area contributed by atoms with Crippen LogP contribution in [-0.4, -0.2) is 17.0 Å². The molecule has 0 aliphatic carbocycles. The monoisotopic (exact) mass is 296 g/mol. The van der Waals surface area contributed by atoms with Gasteiger partial charge in [-0.25, -0.2) is 0 Å². The molecule has 0 atom stereocenters. The molecule has 0 spiro atoms. The van der Waals surface area contributed by atoms with E-state index in [2.05, 4.69) is 10.3 Å². The van der Waals surface area contributed by atoms with Gasteiger partial charge in [-0.05, 0) is 49.8 Å². The Bertz CT molecular complexity index is 637. The fourth-order valence-corrected chi connectivity index (χ4v) is 1.82. The standard InChI is InChI=1S/C18H20N2O2/c1-14(2)22-13-15-6-5-8-17(12-15)20-18(21)10-9-16-7-3-4-11-19-16/h3-12,14H,13H2,1-2H3,(H,20,21). The summed E-state index contributed by atoms with van der Waals surface area (Å²) in [6, 6.07) is 13.2. The number of anilines is 1. The molecule has 0 unspecified atom stereocenters. The van der Waals surface area contributed by atoms with Crippen molar-refractivity contribution in [3.63, 3.8) is 0 Å². The van der Waals surface area contributed by atoms with Gasteiger partial charge in [0, 0.05) is 18.0 Å². The average Bonchev–Trinajstić information content (AvgIpc) is 2.52. The normalized spacial score (nSPS) is 11.0. The van der Waals surface area contributed by atoms with Gasteiger partial charge in [0.25, 0.3) is 0 Å². The number of amides is 1. The number of carbonyl (C=O) groups excluding carboxylic acids is 1. The van der Waals surface area contributed by atoms with Crippen molar-refractivity contribution in [2.24, 2.45) is 0 Å². The smallest absolute Gasteiger partial charge is 0.248 e. The van der Waals surface area contributed by atoms with Gasteiger partial charge in [0.15, 0.2) is 0 Å². The van der Waals surface area contributed by atoms with E-state index in [1.165, 1.54) is 6.08 Å². The molecule has 1 N–H and O–H groups in total. The summed E-state index contributed by atoms with van der Waals surface area (Å²) in [5, 5.41) is 2.83. The molecule has 0 aliphatic heterocycles. The Hall–Kier alpha value is -2.46. The molecule has 0 bridgehead atoms. The van der Waals surface area contributed by atoms with Crippen LogP contribution in [0.2, 0.25) is 0 Å². The number of rotatable bonds is 6. The van der Waals surface area contributed by atoms with E-state index in [4.69, 9.17) is 4.74 Å². The van der Waals surface area contributed by atoms with Crippen LogP contribution in [0.5, 0.6) is 0 Å². The van der Waals surface area contributed by atoms with E-state index in [9.17, 15) is 4.79 Å². The molecule has 0 saturated carbocycles. The Morgan fingerprint density at radius 3 is 2.86 bits per heavy atom. The highest BCUT2D eigenvalue weighted by Gasteiger charge is 2.01. The molecule has 2 rings (SSSR count). The minimum Gasteiger partial charge on any atom is -0.374 e. The minimum atomic E-state index is -0.187. The number of nitrogens with one attached hydrogen (secondary N) is 1. The molecule has 0 radical (unpaired) electrons. The molecular formula is C18H20N2O2. The van der Waals surface area contributed by atoms with Gasteiger partial charge in [-0.2, -0.15) is 0 Å². The Balaban J connectivity index is 1.94. The SMILES string of the molecule is CC(C)OCc1cccc(NC(=O)C=Cc2ccccn2)c1. The van der Waals surface area contributed by atoms with E-state index in [-0.39, 0.29) is 12.0 Å². The van der Waals surface area contributed by atoms with Crippen LogP contribution in [0.15, 0.2) is 54.7 Å². The third-order valence-corrected chi connectivity index (χ3v) is 2.87. The van der Waals surface area contributed by atoms with Gasteiger partial charge in [-0.15, -0.1) is 0 Å². The maximum absolute atomic E-state index is 11.9. The van der Waals surface area contributed by atoms with Crippen LogP contribution < -0.4 is 5.32 Å². The lowest BCUT2D eigenvalue weighted by atomic mass is 10.2. The molecular weight excluding hydrogens is 276 g/mol. The molecule has 4 nitrogen and oxygen atoms in total. The molecule has 1 heterocycles. The molecule has 2 aromatic rings. The van der Waals surface area contributed by atoms with Crippen LogP contribution in [0.4, 0.5) is 5.69 Å². The Kier molecular flexibility index (Phi) is 5.86. The van der Waals surface area contributed by atoms with Crippen molar-refractivity contribution in [1.29, 1.82) is 0 Å². The van der Waals surface area contributed by atoms with Crippen molar-refractivity contribution in [3.05, 3.63) is 66.0 Å². The van der Waals surface area contributed by atoms with Crippen molar-refractivity contribution in [2.45, 2.75) is 26.6 Å². The summed E-state index contributed by atoms with van der Waals surface area (Å²) < 4.78 is 5.56. The first-order valence-corrected chi connectivity index (χ1v) is 7.24. The van der Waals surface area contributed by atoms with Gasteiger partial charge in [0.05, 0.1) is 18.4 Å². The van der Waals surface area contributed by atoms with Crippen molar-refractivity contribution < 1.29 is 9.53 Å². The molecule has 1 aromatic carbocycles. The highest BCUT2D eigenvalue weighted by molar-refractivity contribution is 6.01. The predicted molar refractivity (Wildman–Crippen MR) is 88.3 cm³/mol. The first-order chi connectivity index (χ1) is 10.6. The van der Waals surface area contributed by atoms with Gasteiger partial charge in [-0.3, -0.25) is 9.78 Å². The maximum Gasteiger partial charge on any atom is 0.248 e. The minimum absolute atomic E-state index is 0.180. The van der Waals surface area contributed by atoms with Crippen LogP contribution >= 0.6 is 0 Å². The molecule has 4 heteroatoms. The van der Waals surface area contributed by atoms with Gasteiger partial charge in [-0.1, -0.05) is 18.2 Å². The van der Waals surface area contributed by atoms with Crippen LogP contribution in [0.3, 0.4) is 0 Å². The quantitative estimate of drug-likeness (QED) is 0.828. The van der Waals surface area contributed by atoms with E-state index in [0.29, 0.717) is 6.61 Å². The number of pyridine rings is 1. The Morgan fingerprint density at radius 2 is 2.14 bits per heavy atom. The lowest BCUT2D eigenvalue weighted by Crippen LogP contribution is -2.08.